The first-order valence-corrected chi connectivity index (χ1v) is 12.3. The average molecular weight is 544 g/mol. The molecule has 0 radical (unpaired) electrons. The van der Waals surface area contributed by atoms with E-state index in [0.29, 0.717) is 35.8 Å². The van der Waals surface area contributed by atoms with Gasteiger partial charge in [0.1, 0.15) is 23.7 Å². The lowest BCUT2D eigenvalue weighted by Crippen LogP contribution is -2.23. The van der Waals surface area contributed by atoms with Crippen molar-refractivity contribution in [1.82, 2.24) is 9.55 Å². The number of nitrogens with zero attached hydrogens (tertiary/aromatic N) is 5. The van der Waals surface area contributed by atoms with Crippen LogP contribution in [0, 0.1) is 29.9 Å². The second-order valence-electron chi connectivity index (χ2n) is 9.19. The molecule has 1 aliphatic heterocycles. The number of aromatic nitrogens is 2. The first-order valence-electron chi connectivity index (χ1n) is 12.3. The van der Waals surface area contributed by atoms with Gasteiger partial charge in [-0.2, -0.15) is 5.26 Å². The monoisotopic (exact) mass is 543 g/mol. The van der Waals surface area contributed by atoms with Crippen LogP contribution in [0.25, 0.3) is 11.0 Å². The third-order valence-corrected chi connectivity index (χ3v) is 6.47. The molecule has 4 aromatic rings. The maximum absolute atomic E-state index is 14.5. The molecular weight excluding hydrogens is 520 g/mol. The van der Waals surface area contributed by atoms with Crippen molar-refractivity contribution >= 4 is 29.1 Å². The maximum atomic E-state index is 14.5. The fourth-order valence-electron chi connectivity index (χ4n) is 4.32. The Kier molecular flexibility index (Phi) is 7.25. The van der Waals surface area contributed by atoms with Crippen LogP contribution in [0.4, 0.5) is 8.78 Å². The number of aromatic carboxylic acids is 1. The molecule has 1 N–H and O–H groups in total. The first-order chi connectivity index (χ1) is 19.2. The molecule has 9 nitrogen and oxygen atoms in total. The SMILES string of the molecule is Cc1cc(OC2CC=NC(COc3ccc(C#N)cc3F)=N2)ccc1Cc1nc2c(F)cc(C(=O)O)cc2n1C. The Labute approximate surface area is 227 Å². The highest BCUT2D eigenvalue weighted by molar-refractivity contribution is 5.93. The molecule has 11 heteroatoms. The van der Waals surface area contributed by atoms with Crippen LogP contribution < -0.4 is 9.47 Å². The maximum Gasteiger partial charge on any atom is 0.335 e. The van der Waals surface area contributed by atoms with Gasteiger partial charge in [-0.15, -0.1) is 0 Å². The Morgan fingerprint density at radius 3 is 2.73 bits per heavy atom. The van der Waals surface area contributed by atoms with E-state index in [9.17, 15) is 18.7 Å². The van der Waals surface area contributed by atoms with Gasteiger partial charge in [0, 0.05) is 26.1 Å². The summed E-state index contributed by atoms with van der Waals surface area (Å²) in [5, 5.41) is 18.1. The molecule has 3 aromatic carbocycles. The minimum absolute atomic E-state index is 0.00294. The largest absolute Gasteiger partial charge is 0.483 e. The smallest absolute Gasteiger partial charge is 0.335 e. The summed E-state index contributed by atoms with van der Waals surface area (Å²) >= 11 is 0. The first kappa shape index (κ1) is 26.5. The zero-order valence-electron chi connectivity index (χ0n) is 21.6. The summed E-state index contributed by atoms with van der Waals surface area (Å²) in [6.07, 6.45) is 1.96. The van der Waals surface area contributed by atoms with Crippen LogP contribution >= 0.6 is 0 Å². The molecule has 1 aromatic heterocycles. The summed E-state index contributed by atoms with van der Waals surface area (Å²) in [6, 6.07) is 13.8. The second-order valence-corrected chi connectivity index (χ2v) is 9.19. The van der Waals surface area contributed by atoms with Crippen molar-refractivity contribution in [2.24, 2.45) is 17.0 Å². The number of imidazole rings is 1. The lowest BCUT2D eigenvalue weighted by atomic mass is 10.1. The number of halogens is 2. The van der Waals surface area contributed by atoms with E-state index >= 15 is 0 Å². The molecule has 0 fully saturated rings. The number of carbonyl (C=O) groups is 1. The molecule has 0 saturated heterocycles. The van der Waals surface area contributed by atoms with Crippen LogP contribution in [0.5, 0.6) is 11.5 Å². The third kappa shape index (κ3) is 5.51. The van der Waals surface area contributed by atoms with Crippen LogP contribution in [-0.2, 0) is 13.5 Å². The zero-order valence-corrected chi connectivity index (χ0v) is 21.6. The Hall–Kier alpha value is -5.11. The number of rotatable bonds is 8. The summed E-state index contributed by atoms with van der Waals surface area (Å²) in [5.74, 6) is -1.01. The van der Waals surface area contributed by atoms with Crippen molar-refractivity contribution in [3.63, 3.8) is 0 Å². The number of aliphatic imine (C=N–C) groups is 2. The molecule has 40 heavy (non-hydrogen) atoms. The van der Waals surface area contributed by atoms with Crippen LogP contribution in [0.15, 0.2) is 58.5 Å². The van der Waals surface area contributed by atoms with Gasteiger partial charge in [-0.05, 0) is 60.5 Å². The van der Waals surface area contributed by atoms with Crippen molar-refractivity contribution in [1.29, 1.82) is 5.26 Å². The van der Waals surface area contributed by atoms with E-state index in [4.69, 9.17) is 14.7 Å². The lowest BCUT2D eigenvalue weighted by molar-refractivity contribution is 0.0696. The van der Waals surface area contributed by atoms with Crippen LogP contribution in [0.3, 0.4) is 0 Å². The molecule has 2 heterocycles. The van der Waals surface area contributed by atoms with Crippen LogP contribution in [-0.4, -0.2) is 45.5 Å². The predicted molar refractivity (Wildman–Crippen MR) is 143 cm³/mol. The number of benzene rings is 3. The summed E-state index contributed by atoms with van der Waals surface area (Å²) in [4.78, 5) is 24.4. The summed E-state index contributed by atoms with van der Waals surface area (Å²) in [5.41, 5.74) is 2.46. The van der Waals surface area contributed by atoms with Gasteiger partial charge in [0.05, 0.1) is 22.7 Å². The summed E-state index contributed by atoms with van der Waals surface area (Å²) in [7, 11) is 1.72. The molecule has 0 aliphatic carbocycles. The van der Waals surface area contributed by atoms with E-state index in [-0.39, 0.29) is 29.0 Å². The van der Waals surface area contributed by atoms with Crippen molar-refractivity contribution in [3.05, 3.63) is 88.2 Å². The summed E-state index contributed by atoms with van der Waals surface area (Å²) in [6.45, 7) is 1.86. The Bertz CT molecular complexity index is 1740. The Balaban J connectivity index is 1.26. The van der Waals surface area contributed by atoms with Gasteiger partial charge in [-0.3, -0.25) is 0 Å². The molecular formula is C29H23F2N5O4. The predicted octanol–water partition coefficient (Wildman–Crippen LogP) is 4.98. The molecule has 0 spiro atoms. The van der Waals surface area contributed by atoms with E-state index in [1.165, 1.54) is 18.2 Å². The average Bonchev–Trinajstić information content (AvgIpc) is 3.25. The molecule has 5 rings (SSSR count). The number of ether oxygens (including phenoxy) is 2. The standard InChI is InChI=1S/C29H23F2N5O4/c1-16-9-20(40-27-7-8-33-25(34-27)15-39-24-6-3-17(14-32)10-21(24)30)5-4-18(16)13-26-35-28-22(31)11-19(29(37)38)12-23(28)36(26)2/h3-6,8-12,27H,7,13,15H2,1-2H3,(H,37,38). The van der Waals surface area contributed by atoms with Crippen molar-refractivity contribution in [2.75, 3.05) is 6.61 Å². The fraction of sp³-hybridized carbons (Fsp3) is 0.207. The van der Waals surface area contributed by atoms with Gasteiger partial charge in [0.25, 0.3) is 0 Å². The highest BCUT2D eigenvalue weighted by Gasteiger charge is 2.18. The van der Waals surface area contributed by atoms with Gasteiger partial charge < -0.3 is 19.1 Å². The van der Waals surface area contributed by atoms with E-state index in [1.54, 1.807) is 23.9 Å². The number of fused-ring (bicyclic) bond motifs is 1. The quantitative estimate of drug-likeness (QED) is 0.335. The molecule has 1 aliphatic rings. The van der Waals surface area contributed by atoms with Gasteiger partial charge in [-0.1, -0.05) is 6.07 Å². The van der Waals surface area contributed by atoms with Crippen molar-refractivity contribution in [3.8, 4) is 17.6 Å². The number of aryl methyl sites for hydroxylation is 2. The highest BCUT2D eigenvalue weighted by Crippen LogP contribution is 2.26. The lowest BCUT2D eigenvalue weighted by Gasteiger charge is -2.18. The Morgan fingerprint density at radius 2 is 2.00 bits per heavy atom. The van der Waals surface area contributed by atoms with Crippen LogP contribution in [0.2, 0.25) is 0 Å². The number of hydrogen-bond acceptors (Lipinski definition) is 7. The highest BCUT2D eigenvalue weighted by atomic mass is 19.1. The number of carboxylic acids is 1. The topological polar surface area (TPSA) is 122 Å². The fourth-order valence-corrected chi connectivity index (χ4v) is 4.32. The zero-order chi connectivity index (χ0) is 28.4. The minimum Gasteiger partial charge on any atom is -0.483 e. The molecule has 0 amide bonds. The Morgan fingerprint density at radius 1 is 1.18 bits per heavy atom. The third-order valence-electron chi connectivity index (χ3n) is 6.47. The van der Waals surface area contributed by atoms with E-state index in [1.807, 2.05) is 25.1 Å². The number of nitriles is 1. The molecule has 1 atom stereocenters. The normalized spacial score (nSPS) is 14.6. The van der Waals surface area contributed by atoms with Gasteiger partial charge in [0.2, 0.25) is 0 Å². The van der Waals surface area contributed by atoms with Gasteiger partial charge >= 0.3 is 5.97 Å². The van der Waals surface area contributed by atoms with E-state index in [0.717, 1.165) is 23.3 Å². The molecule has 1 unspecified atom stereocenters. The number of carboxylic acid groups (broad SMARTS) is 1. The van der Waals surface area contributed by atoms with Gasteiger partial charge in [-0.25, -0.2) is 28.5 Å². The molecule has 0 saturated carbocycles. The minimum atomic E-state index is -1.21. The van der Waals surface area contributed by atoms with Gasteiger partial charge in [0.15, 0.2) is 29.4 Å². The summed E-state index contributed by atoms with van der Waals surface area (Å²) < 4.78 is 41.8. The number of hydrogen-bond donors (Lipinski definition) is 1. The second kappa shape index (κ2) is 10.9. The van der Waals surface area contributed by atoms with Crippen LogP contribution in [0.1, 0.15) is 39.3 Å². The van der Waals surface area contributed by atoms with E-state index in [2.05, 4.69) is 15.0 Å². The van der Waals surface area contributed by atoms with E-state index < -0.39 is 23.8 Å². The molecule has 202 valence electrons. The van der Waals surface area contributed by atoms with Crippen molar-refractivity contribution < 1.29 is 28.2 Å². The number of amidine groups is 1. The molecule has 0 bridgehead atoms. The van der Waals surface area contributed by atoms with Crippen molar-refractivity contribution in [2.45, 2.75) is 26.0 Å².